The van der Waals surface area contributed by atoms with Gasteiger partial charge in [0, 0.05) is 44.8 Å². The first kappa shape index (κ1) is 16.0. The minimum absolute atomic E-state index is 0.0521. The maximum Gasteiger partial charge on any atom is 0.165 e. The van der Waals surface area contributed by atoms with Crippen LogP contribution in [0, 0.1) is 0 Å². The second-order valence-electron chi connectivity index (χ2n) is 7.11. The van der Waals surface area contributed by atoms with Gasteiger partial charge in [0.1, 0.15) is 5.69 Å². The zero-order valence-corrected chi connectivity index (χ0v) is 16.6. The number of halogens is 2. The van der Waals surface area contributed by atoms with Crippen molar-refractivity contribution in [1.29, 1.82) is 0 Å². The van der Waals surface area contributed by atoms with Gasteiger partial charge in [-0.2, -0.15) is 0 Å². The van der Waals surface area contributed by atoms with Crippen LogP contribution in [0.4, 0.5) is 11.4 Å². The van der Waals surface area contributed by atoms with Gasteiger partial charge in [0.05, 0.1) is 17.1 Å². The third-order valence-electron chi connectivity index (χ3n) is 5.71. The zero-order chi connectivity index (χ0) is 17.3. The lowest BCUT2D eigenvalue weighted by atomic mass is 9.67. The molecule has 0 saturated carbocycles. The molecule has 1 spiro atoms. The van der Waals surface area contributed by atoms with Crippen LogP contribution in [0.15, 0.2) is 20.5 Å². The molecule has 3 atom stereocenters. The van der Waals surface area contributed by atoms with E-state index in [0.29, 0.717) is 5.69 Å². The Morgan fingerprint density at radius 2 is 2.20 bits per heavy atom. The van der Waals surface area contributed by atoms with Crippen LogP contribution in [0.2, 0.25) is 0 Å². The van der Waals surface area contributed by atoms with Gasteiger partial charge in [-0.1, -0.05) is 37.9 Å². The summed E-state index contributed by atoms with van der Waals surface area (Å²) in [7, 11) is 0. The largest absolute Gasteiger partial charge is 0.504 e. The summed E-state index contributed by atoms with van der Waals surface area (Å²) in [4.78, 5) is 9.24. The fraction of sp³-hybridized carbons (Fsp3) is 0.444. The molecule has 5 rings (SSSR count). The standard InChI is InChI=1S/C18H17Br2N3O2/c19-9-5-18(6-10(20)16(9)24)2-4-22-15-12(18)13-11-8(1-3-21-13)7-23-14(11)17(15)25/h5,7,10,16,22,24-25H,1-4,6H2/t10-,16+,18-/m0/s1. The van der Waals surface area contributed by atoms with Crippen LogP contribution in [0.1, 0.15) is 24.8 Å². The fourth-order valence-corrected chi connectivity index (χ4v) is 6.54. The molecule has 130 valence electrons. The van der Waals surface area contributed by atoms with E-state index in [9.17, 15) is 10.2 Å². The highest BCUT2D eigenvalue weighted by molar-refractivity contribution is 9.12. The van der Waals surface area contributed by atoms with Gasteiger partial charge in [0.15, 0.2) is 5.75 Å². The number of anilines is 1. The number of phenols is 1. The van der Waals surface area contributed by atoms with Crippen LogP contribution in [0.3, 0.4) is 0 Å². The van der Waals surface area contributed by atoms with E-state index in [4.69, 9.17) is 4.99 Å². The highest BCUT2D eigenvalue weighted by Crippen LogP contribution is 2.50. The summed E-state index contributed by atoms with van der Waals surface area (Å²) in [5, 5.41) is 26.5. The average molecular weight is 467 g/mol. The molecule has 0 aromatic heterocycles. The number of alkyl halides is 1. The predicted octanol–water partition coefficient (Wildman–Crippen LogP) is 2.14. The summed E-state index contributed by atoms with van der Waals surface area (Å²) >= 11 is 7.19. The van der Waals surface area contributed by atoms with E-state index in [1.807, 2.05) is 6.21 Å². The number of nitrogens with one attached hydrogen (secondary N) is 1. The lowest BCUT2D eigenvalue weighted by Crippen LogP contribution is -2.48. The molecule has 4 aliphatic rings. The first-order chi connectivity index (χ1) is 12.0. The summed E-state index contributed by atoms with van der Waals surface area (Å²) in [5.74, 6) is 0.220. The van der Waals surface area contributed by atoms with Gasteiger partial charge in [-0.25, -0.2) is 0 Å². The van der Waals surface area contributed by atoms with Crippen molar-refractivity contribution in [2.75, 3.05) is 18.4 Å². The van der Waals surface area contributed by atoms with Crippen molar-refractivity contribution in [3.63, 3.8) is 0 Å². The molecule has 25 heavy (non-hydrogen) atoms. The van der Waals surface area contributed by atoms with Crippen LogP contribution in [-0.2, 0) is 5.41 Å². The van der Waals surface area contributed by atoms with E-state index < -0.39 is 6.10 Å². The Labute approximate surface area is 161 Å². The minimum Gasteiger partial charge on any atom is -0.504 e. The van der Waals surface area contributed by atoms with Crippen LogP contribution < -0.4 is 15.9 Å². The van der Waals surface area contributed by atoms with Gasteiger partial charge in [0.25, 0.3) is 0 Å². The van der Waals surface area contributed by atoms with Gasteiger partial charge >= 0.3 is 0 Å². The van der Waals surface area contributed by atoms with E-state index in [-0.39, 0.29) is 16.0 Å². The highest BCUT2D eigenvalue weighted by atomic mass is 79.9. The second-order valence-corrected chi connectivity index (χ2v) is 9.20. The molecule has 1 aromatic carbocycles. The number of hydrogen-bond acceptors (Lipinski definition) is 5. The van der Waals surface area contributed by atoms with Gasteiger partial charge in [-0.05, 0) is 24.8 Å². The predicted molar refractivity (Wildman–Crippen MR) is 105 cm³/mol. The molecule has 1 aliphatic carbocycles. The molecule has 3 aliphatic heterocycles. The quantitative estimate of drug-likeness (QED) is 0.405. The highest BCUT2D eigenvalue weighted by Gasteiger charge is 2.45. The Hall–Kier alpha value is -1.18. The molecule has 1 aromatic rings. The van der Waals surface area contributed by atoms with E-state index >= 15 is 0 Å². The van der Waals surface area contributed by atoms with Crippen molar-refractivity contribution in [2.24, 2.45) is 9.98 Å². The molecular formula is C18H17Br2N3O2. The maximum absolute atomic E-state index is 10.9. The first-order valence-electron chi connectivity index (χ1n) is 8.47. The van der Waals surface area contributed by atoms with Crippen LogP contribution >= 0.6 is 31.9 Å². The third-order valence-corrected chi connectivity index (χ3v) is 7.24. The summed E-state index contributed by atoms with van der Waals surface area (Å²) in [6, 6.07) is 0. The Morgan fingerprint density at radius 3 is 3.00 bits per heavy atom. The molecule has 0 bridgehead atoms. The normalized spacial score (nSPS) is 32.0. The number of aliphatic hydroxyl groups excluding tert-OH is 1. The molecule has 7 heteroatoms. The van der Waals surface area contributed by atoms with Crippen molar-refractivity contribution >= 4 is 55.0 Å². The average Bonchev–Trinajstić information content (AvgIpc) is 3.03. The number of allylic oxidation sites excluding steroid dienone is 1. The third kappa shape index (κ3) is 2.09. The SMILES string of the molecule is Oc1c2c(c3c4c1N=CC=4CCN=3)[C@]1(C=C(Br)[C@@H](O)[C@@H](Br)C1)CCN2. The maximum atomic E-state index is 10.9. The summed E-state index contributed by atoms with van der Waals surface area (Å²) < 4.78 is 0.789. The molecule has 0 fully saturated rings. The molecule has 3 heterocycles. The summed E-state index contributed by atoms with van der Waals surface area (Å²) in [5.41, 5.74) is 3.32. The van der Waals surface area contributed by atoms with Crippen molar-refractivity contribution in [2.45, 2.75) is 35.6 Å². The molecule has 0 radical (unpaired) electrons. The zero-order valence-electron chi connectivity index (χ0n) is 13.4. The number of aromatic hydroxyl groups is 1. The molecule has 0 unspecified atom stereocenters. The van der Waals surface area contributed by atoms with Crippen molar-refractivity contribution in [3.8, 4) is 5.75 Å². The van der Waals surface area contributed by atoms with Crippen LogP contribution in [0.5, 0.6) is 5.75 Å². The Morgan fingerprint density at radius 1 is 1.36 bits per heavy atom. The van der Waals surface area contributed by atoms with Gasteiger partial charge < -0.3 is 15.5 Å². The Balaban J connectivity index is 1.89. The number of aliphatic imine (C=N–C) groups is 1. The molecule has 0 amide bonds. The number of hydrogen-bond donors (Lipinski definition) is 3. The van der Waals surface area contributed by atoms with Gasteiger partial charge in [-0.3, -0.25) is 9.98 Å². The number of benzene rings is 1. The monoisotopic (exact) mass is 465 g/mol. The summed E-state index contributed by atoms with van der Waals surface area (Å²) in [6.45, 7) is 1.50. The molecular weight excluding hydrogens is 450 g/mol. The van der Waals surface area contributed by atoms with E-state index in [1.165, 1.54) is 0 Å². The Bertz CT molecular complexity index is 985. The van der Waals surface area contributed by atoms with E-state index in [0.717, 1.165) is 64.2 Å². The van der Waals surface area contributed by atoms with Crippen molar-refractivity contribution in [3.05, 3.63) is 26.7 Å². The molecule has 3 N–H and O–H groups in total. The van der Waals surface area contributed by atoms with E-state index in [1.54, 1.807) is 0 Å². The number of fused-ring (bicyclic) bond motifs is 3. The van der Waals surface area contributed by atoms with Crippen LogP contribution in [-0.4, -0.2) is 40.4 Å². The number of phenolic OH excluding ortho intramolecular Hbond substituents is 1. The molecule has 0 saturated heterocycles. The summed E-state index contributed by atoms with van der Waals surface area (Å²) in [6.07, 6.45) is 5.95. The fourth-order valence-electron chi connectivity index (χ4n) is 4.56. The first-order valence-corrected chi connectivity index (χ1v) is 10.2. The van der Waals surface area contributed by atoms with Gasteiger partial charge in [0.2, 0.25) is 0 Å². The smallest absolute Gasteiger partial charge is 0.165 e. The lowest BCUT2D eigenvalue weighted by molar-refractivity contribution is 0.192. The minimum atomic E-state index is -0.550. The lowest BCUT2D eigenvalue weighted by Gasteiger charge is -2.43. The van der Waals surface area contributed by atoms with E-state index in [2.05, 4.69) is 48.2 Å². The van der Waals surface area contributed by atoms with Crippen molar-refractivity contribution in [1.82, 2.24) is 0 Å². The van der Waals surface area contributed by atoms with Gasteiger partial charge in [-0.15, -0.1) is 0 Å². The number of aliphatic hydroxyl groups is 1. The number of rotatable bonds is 0. The van der Waals surface area contributed by atoms with Crippen LogP contribution in [0.25, 0.3) is 5.57 Å². The topological polar surface area (TPSA) is 77.2 Å². The van der Waals surface area contributed by atoms with Crippen molar-refractivity contribution < 1.29 is 10.2 Å². The second kappa shape index (κ2) is 5.41. The number of nitrogens with zero attached hydrogens (tertiary/aromatic N) is 2. The molecule has 5 nitrogen and oxygen atoms in total. The Kier molecular flexibility index (Phi) is 3.47.